The van der Waals surface area contributed by atoms with Crippen molar-refractivity contribution < 1.29 is 0 Å². The highest BCUT2D eigenvalue weighted by Gasteiger charge is 2.04. The Kier molecular flexibility index (Phi) is 5.34. The van der Waals surface area contributed by atoms with E-state index in [2.05, 4.69) is 66.3 Å². The van der Waals surface area contributed by atoms with Crippen LogP contribution in [0.2, 0.25) is 0 Å². The maximum absolute atomic E-state index is 3.57. The summed E-state index contributed by atoms with van der Waals surface area (Å²) in [6.45, 7) is 7.51. The summed E-state index contributed by atoms with van der Waals surface area (Å²) in [5.74, 6) is 0. The van der Waals surface area contributed by atoms with Gasteiger partial charge in [0.2, 0.25) is 0 Å². The number of aryl methyl sites for hydroxylation is 1. The Morgan fingerprint density at radius 1 is 1.33 bits per heavy atom. The Bertz CT molecular complexity index is 296. The van der Waals surface area contributed by atoms with Crippen LogP contribution in [0.5, 0.6) is 0 Å². The summed E-state index contributed by atoms with van der Waals surface area (Å²) in [5.41, 5.74) is 2.69. The second-order valence-electron chi connectivity index (χ2n) is 4.29. The van der Waals surface area contributed by atoms with Gasteiger partial charge in [-0.05, 0) is 25.8 Å². The average molecular weight is 270 g/mol. The second-order valence-corrected chi connectivity index (χ2v) is 5.85. The van der Waals surface area contributed by atoms with E-state index in [9.17, 15) is 0 Å². The molecular formula is C13H20BrN. The van der Waals surface area contributed by atoms with Crippen LogP contribution in [-0.4, -0.2) is 10.9 Å². The van der Waals surface area contributed by atoms with Gasteiger partial charge in [-0.2, -0.15) is 0 Å². The highest BCUT2D eigenvalue weighted by Crippen LogP contribution is 2.08. The molecule has 0 spiro atoms. The number of benzene rings is 1. The van der Waals surface area contributed by atoms with E-state index in [1.165, 1.54) is 11.1 Å². The van der Waals surface area contributed by atoms with Crippen molar-refractivity contribution in [1.82, 2.24) is 5.32 Å². The molecule has 0 aliphatic rings. The lowest BCUT2D eigenvalue weighted by molar-refractivity contribution is 0.515. The molecule has 0 radical (unpaired) electrons. The summed E-state index contributed by atoms with van der Waals surface area (Å²) >= 11 is 3.57. The van der Waals surface area contributed by atoms with Gasteiger partial charge in [0.1, 0.15) is 0 Å². The van der Waals surface area contributed by atoms with Crippen molar-refractivity contribution in [3.8, 4) is 0 Å². The molecule has 15 heavy (non-hydrogen) atoms. The molecule has 0 aliphatic heterocycles. The summed E-state index contributed by atoms with van der Waals surface area (Å²) in [5, 5.41) is 3.53. The molecule has 0 heterocycles. The highest BCUT2D eigenvalue weighted by atomic mass is 79.9. The summed E-state index contributed by atoms with van der Waals surface area (Å²) < 4.78 is 0. The number of nitrogens with one attached hydrogen (secondary N) is 1. The van der Waals surface area contributed by atoms with Crippen LogP contribution in [0.3, 0.4) is 0 Å². The van der Waals surface area contributed by atoms with Crippen molar-refractivity contribution in [2.24, 2.45) is 0 Å². The van der Waals surface area contributed by atoms with Crippen molar-refractivity contribution in [2.45, 2.75) is 44.6 Å². The van der Waals surface area contributed by atoms with Crippen LogP contribution >= 0.6 is 15.9 Å². The van der Waals surface area contributed by atoms with Crippen molar-refractivity contribution >= 4 is 15.9 Å². The van der Waals surface area contributed by atoms with E-state index in [-0.39, 0.29) is 0 Å². The average Bonchev–Trinajstić information content (AvgIpc) is 2.14. The molecule has 0 aliphatic carbocycles. The second kappa shape index (κ2) is 6.29. The molecule has 0 aromatic heterocycles. The van der Waals surface area contributed by atoms with Crippen LogP contribution in [0.25, 0.3) is 0 Å². The summed E-state index contributed by atoms with van der Waals surface area (Å²) in [6, 6.07) is 9.21. The van der Waals surface area contributed by atoms with E-state index < -0.39 is 0 Å². The lowest BCUT2D eigenvalue weighted by Crippen LogP contribution is -2.27. The first-order chi connectivity index (χ1) is 7.08. The lowest BCUT2D eigenvalue weighted by Gasteiger charge is -2.15. The Morgan fingerprint density at radius 2 is 2.07 bits per heavy atom. The maximum atomic E-state index is 3.57. The molecule has 2 atom stereocenters. The fourth-order valence-electron chi connectivity index (χ4n) is 1.68. The van der Waals surface area contributed by atoms with Crippen LogP contribution < -0.4 is 5.32 Å². The number of alkyl halides is 1. The Balaban J connectivity index is 2.36. The van der Waals surface area contributed by atoms with Crippen LogP contribution in [0.15, 0.2) is 24.3 Å². The molecule has 1 N–H and O–H groups in total. The Morgan fingerprint density at radius 3 is 2.67 bits per heavy atom. The zero-order valence-electron chi connectivity index (χ0n) is 9.76. The molecular weight excluding hydrogens is 250 g/mol. The molecule has 0 saturated carbocycles. The van der Waals surface area contributed by atoms with E-state index in [0.717, 1.165) is 13.0 Å². The predicted octanol–water partition coefficient (Wildman–Crippen LogP) is 3.65. The highest BCUT2D eigenvalue weighted by molar-refractivity contribution is 9.09. The van der Waals surface area contributed by atoms with Gasteiger partial charge in [0, 0.05) is 17.4 Å². The molecule has 1 rings (SSSR count). The van der Waals surface area contributed by atoms with Crippen molar-refractivity contribution in [3.05, 3.63) is 35.4 Å². The minimum Gasteiger partial charge on any atom is -0.310 e. The Labute approximate surface area is 101 Å². The predicted molar refractivity (Wildman–Crippen MR) is 70.5 cm³/mol. The fourth-order valence-corrected chi connectivity index (χ4v) is 2.25. The van der Waals surface area contributed by atoms with Gasteiger partial charge >= 0.3 is 0 Å². The molecule has 0 amide bonds. The van der Waals surface area contributed by atoms with Crippen molar-refractivity contribution in [2.75, 3.05) is 0 Å². The lowest BCUT2D eigenvalue weighted by atomic mass is 10.1. The van der Waals surface area contributed by atoms with E-state index >= 15 is 0 Å². The van der Waals surface area contributed by atoms with Gasteiger partial charge in [0.05, 0.1) is 0 Å². The minimum atomic E-state index is 0.555. The third-order valence-corrected chi connectivity index (χ3v) is 2.79. The maximum Gasteiger partial charge on any atom is 0.0208 e. The molecule has 1 aromatic rings. The smallest absolute Gasteiger partial charge is 0.0208 e. The first kappa shape index (κ1) is 12.7. The van der Waals surface area contributed by atoms with Crippen molar-refractivity contribution in [3.63, 3.8) is 0 Å². The van der Waals surface area contributed by atoms with E-state index in [1.54, 1.807) is 0 Å². The zero-order chi connectivity index (χ0) is 11.3. The van der Waals surface area contributed by atoms with Crippen LogP contribution in [0.4, 0.5) is 0 Å². The van der Waals surface area contributed by atoms with Gasteiger partial charge in [-0.15, -0.1) is 0 Å². The number of rotatable bonds is 5. The normalized spacial score (nSPS) is 14.9. The zero-order valence-corrected chi connectivity index (χ0v) is 11.3. The molecule has 2 heteroatoms. The van der Waals surface area contributed by atoms with Crippen LogP contribution in [0, 0.1) is 6.92 Å². The monoisotopic (exact) mass is 269 g/mol. The van der Waals surface area contributed by atoms with E-state index in [4.69, 9.17) is 0 Å². The van der Waals surface area contributed by atoms with Gasteiger partial charge in [-0.25, -0.2) is 0 Å². The van der Waals surface area contributed by atoms with Gasteiger partial charge in [0.15, 0.2) is 0 Å². The first-order valence-electron chi connectivity index (χ1n) is 5.51. The molecule has 2 unspecified atom stereocenters. The SMILES string of the molecule is Cc1cccc(CNC(C)CC(C)Br)c1. The standard InChI is InChI=1S/C13H20BrN/c1-10-5-4-6-13(7-10)9-15-12(3)8-11(2)14/h4-7,11-12,15H,8-9H2,1-3H3. The van der Waals surface area contributed by atoms with E-state index in [0.29, 0.717) is 10.9 Å². The van der Waals surface area contributed by atoms with Gasteiger partial charge in [-0.3, -0.25) is 0 Å². The quantitative estimate of drug-likeness (QED) is 0.805. The van der Waals surface area contributed by atoms with Crippen molar-refractivity contribution in [1.29, 1.82) is 0 Å². The topological polar surface area (TPSA) is 12.0 Å². The molecule has 0 bridgehead atoms. The number of hydrogen-bond acceptors (Lipinski definition) is 1. The van der Waals surface area contributed by atoms with E-state index in [1.807, 2.05) is 0 Å². The third kappa shape index (κ3) is 5.33. The summed E-state index contributed by atoms with van der Waals surface area (Å²) in [4.78, 5) is 0.581. The fraction of sp³-hybridized carbons (Fsp3) is 0.538. The first-order valence-corrected chi connectivity index (χ1v) is 6.42. The largest absolute Gasteiger partial charge is 0.310 e. The summed E-state index contributed by atoms with van der Waals surface area (Å²) in [6.07, 6.45) is 1.16. The number of hydrogen-bond donors (Lipinski definition) is 1. The molecule has 1 nitrogen and oxygen atoms in total. The van der Waals surface area contributed by atoms with Crippen LogP contribution in [0.1, 0.15) is 31.4 Å². The van der Waals surface area contributed by atoms with Gasteiger partial charge in [-0.1, -0.05) is 52.7 Å². The molecule has 1 aromatic carbocycles. The summed E-state index contributed by atoms with van der Waals surface area (Å²) in [7, 11) is 0. The molecule has 84 valence electrons. The van der Waals surface area contributed by atoms with Crippen LogP contribution in [-0.2, 0) is 6.54 Å². The van der Waals surface area contributed by atoms with Gasteiger partial charge < -0.3 is 5.32 Å². The molecule has 0 fully saturated rings. The third-order valence-electron chi connectivity index (χ3n) is 2.42. The van der Waals surface area contributed by atoms with Gasteiger partial charge in [0.25, 0.3) is 0 Å². The number of halogens is 1. The molecule has 0 saturated heterocycles. The minimum absolute atomic E-state index is 0.555. The Hall–Kier alpha value is -0.340.